The lowest BCUT2D eigenvalue weighted by atomic mass is 10.0. The van der Waals surface area contributed by atoms with Crippen molar-refractivity contribution in [2.45, 2.75) is 25.7 Å². The zero-order valence-corrected chi connectivity index (χ0v) is 11.5. The lowest BCUT2D eigenvalue weighted by Crippen LogP contribution is -2.03. The van der Waals surface area contributed by atoms with Gasteiger partial charge in [0.25, 0.3) is 0 Å². The van der Waals surface area contributed by atoms with Crippen LogP contribution in [0.4, 0.5) is 4.39 Å². The number of benzene rings is 2. The highest BCUT2D eigenvalue weighted by Crippen LogP contribution is 2.49. The number of Topliss-reactive ketones (excluding diaryl/α,β-unsaturated/α-hetero) is 1. The van der Waals surface area contributed by atoms with E-state index in [9.17, 15) is 9.18 Å². The molecule has 0 saturated heterocycles. The van der Waals surface area contributed by atoms with Crippen molar-refractivity contribution in [3.05, 3.63) is 71.0 Å². The van der Waals surface area contributed by atoms with Gasteiger partial charge in [-0.05, 0) is 42.0 Å². The Labute approximate surface area is 118 Å². The van der Waals surface area contributed by atoms with Crippen LogP contribution in [0, 0.1) is 11.7 Å². The van der Waals surface area contributed by atoms with Crippen molar-refractivity contribution in [2.24, 2.45) is 5.92 Å². The molecule has 0 heterocycles. The van der Waals surface area contributed by atoms with Crippen molar-refractivity contribution in [3.63, 3.8) is 0 Å². The second-order valence-corrected chi connectivity index (χ2v) is 5.41. The van der Waals surface area contributed by atoms with Crippen molar-refractivity contribution in [3.8, 4) is 0 Å². The smallest absolute Gasteiger partial charge is 0.166 e. The van der Waals surface area contributed by atoms with Crippen molar-refractivity contribution in [1.82, 2.24) is 0 Å². The Morgan fingerprint density at radius 2 is 1.75 bits per heavy atom. The highest BCUT2D eigenvalue weighted by molar-refractivity contribution is 6.00. The third-order valence-electron chi connectivity index (χ3n) is 4.07. The van der Waals surface area contributed by atoms with E-state index in [-0.39, 0.29) is 23.4 Å². The van der Waals surface area contributed by atoms with Crippen LogP contribution in [0.15, 0.2) is 48.5 Å². The lowest BCUT2D eigenvalue weighted by molar-refractivity contribution is 0.0965. The minimum Gasteiger partial charge on any atom is -0.294 e. The molecule has 1 nitrogen and oxygen atoms in total. The monoisotopic (exact) mass is 268 g/mol. The van der Waals surface area contributed by atoms with Crippen LogP contribution in [0.3, 0.4) is 0 Å². The first-order chi connectivity index (χ1) is 9.69. The average molecular weight is 268 g/mol. The van der Waals surface area contributed by atoms with E-state index < -0.39 is 0 Å². The van der Waals surface area contributed by atoms with Gasteiger partial charge in [0.2, 0.25) is 0 Å². The number of hydrogen-bond donors (Lipinski definition) is 0. The molecule has 0 amide bonds. The van der Waals surface area contributed by atoms with Gasteiger partial charge >= 0.3 is 0 Å². The molecule has 1 fully saturated rings. The fourth-order valence-electron chi connectivity index (χ4n) is 2.68. The standard InChI is InChI=1S/C18H17FO/c1-2-12-3-5-14(6-4-12)18(20)17-11-16(17)13-7-9-15(19)10-8-13/h3-10,16-17H,2,11H2,1H3. The molecule has 0 aliphatic heterocycles. The molecule has 0 bridgehead atoms. The zero-order chi connectivity index (χ0) is 14.1. The van der Waals surface area contributed by atoms with Gasteiger partial charge in [-0.2, -0.15) is 0 Å². The lowest BCUT2D eigenvalue weighted by Gasteiger charge is -2.03. The Balaban J connectivity index is 1.71. The Hall–Kier alpha value is -1.96. The van der Waals surface area contributed by atoms with Gasteiger partial charge in [-0.3, -0.25) is 4.79 Å². The van der Waals surface area contributed by atoms with E-state index in [0.717, 1.165) is 24.0 Å². The van der Waals surface area contributed by atoms with Crippen molar-refractivity contribution < 1.29 is 9.18 Å². The molecule has 20 heavy (non-hydrogen) atoms. The molecule has 1 aliphatic carbocycles. The number of aryl methyl sites for hydroxylation is 1. The van der Waals surface area contributed by atoms with E-state index in [1.165, 1.54) is 17.7 Å². The minimum absolute atomic E-state index is 0.0629. The molecule has 0 aromatic heterocycles. The quantitative estimate of drug-likeness (QED) is 0.752. The Morgan fingerprint density at radius 3 is 2.35 bits per heavy atom. The molecule has 102 valence electrons. The summed E-state index contributed by atoms with van der Waals surface area (Å²) >= 11 is 0. The predicted molar refractivity (Wildman–Crippen MR) is 77.4 cm³/mol. The molecule has 2 heteroatoms. The van der Waals surface area contributed by atoms with Crippen LogP contribution in [-0.2, 0) is 6.42 Å². The second kappa shape index (κ2) is 5.20. The summed E-state index contributed by atoms with van der Waals surface area (Å²) in [5, 5.41) is 0. The maximum absolute atomic E-state index is 12.9. The Bertz CT molecular complexity index is 613. The number of hydrogen-bond acceptors (Lipinski definition) is 1. The van der Waals surface area contributed by atoms with Gasteiger partial charge in [0.15, 0.2) is 5.78 Å². The number of ketones is 1. The molecule has 0 N–H and O–H groups in total. The van der Waals surface area contributed by atoms with Crippen LogP contribution in [0.1, 0.15) is 40.7 Å². The summed E-state index contributed by atoms with van der Waals surface area (Å²) in [6.45, 7) is 2.10. The highest BCUT2D eigenvalue weighted by atomic mass is 19.1. The van der Waals surface area contributed by atoms with Crippen LogP contribution in [-0.4, -0.2) is 5.78 Å². The topological polar surface area (TPSA) is 17.1 Å². The van der Waals surface area contributed by atoms with Crippen molar-refractivity contribution in [2.75, 3.05) is 0 Å². The third kappa shape index (κ3) is 2.51. The van der Waals surface area contributed by atoms with Crippen LogP contribution in [0.2, 0.25) is 0 Å². The van der Waals surface area contributed by atoms with Gasteiger partial charge in [-0.15, -0.1) is 0 Å². The van der Waals surface area contributed by atoms with Crippen LogP contribution in [0.5, 0.6) is 0 Å². The molecule has 1 aliphatic rings. The summed E-state index contributed by atoms with van der Waals surface area (Å²) in [6, 6.07) is 14.4. The third-order valence-corrected chi connectivity index (χ3v) is 4.07. The summed E-state index contributed by atoms with van der Waals surface area (Å²) in [4.78, 5) is 12.4. The van der Waals surface area contributed by atoms with E-state index in [0.29, 0.717) is 0 Å². The van der Waals surface area contributed by atoms with E-state index in [2.05, 4.69) is 6.92 Å². The fraction of sp³-hybridized carbons (Fsp3) is 0.278. The highest BCUT2D eigenvalue weighted by Gasteiger charge is 2.43. The average Bonchev–Trinajstić information content (AvgIpc) is 3.28. The first-order valence-electron chi connectivity index (χ1n) is 7.07. The number of carbonyl (C=O) groups is 1. The first kappa shape index (κ1) is 13.0. The summed E-state index contributed by atoms with van der Waals surface area (Å²) in [6.07, 6.45) is 1.86. The molecular weight excluding hydrogens is 251 g/mol. The van der Waals surface area contributed by atoms with Crippen LogP contribution >= 0.6 is 0 Å². The summed E-state index contributed by atoms with van der Waals surface area (Å²) in [7, 11) is 0. The van der Waals surface area contributed by atoms with Crippen molar-refractivity contribution in [1.29, 1.82) is 0 Å². The van der Waals surface area contributed by atoms with Crippen LogP contribution < -0.4 is 0 Å². The van der Waals surface area contributed by atoms with E-state index >= 15 is 0 Å². The molecule has 1 saturated carbocycles. The maximum atomic E-state index is 12.9. The summed E-state index contributed by atoms with van der Waals surface area (Å²) in [5.41, 5.74) is 3.10. The largest absolute Gasteiger partial charge is 0.294 e. The van der Waals surface area contributed by atoms with Gasteiger partial charge < -0.3 is 0 Å². The second-order valence-electron chi connectivity index (χ2n) is 5.41. The van der Waals surface area contributed by atoms with Crippen molar-refractivity contribution >= 4 is 5.78 Å². The van der Waals surface area contributed by atoms with E-state index in [1.54, 1.807) is 12.1 Å². The van der Waals surface area contributed by atoms with Gasteiger partial charge in [-0.1, -0.05) is 43.3 Å². The first-order valence-corrected chi connectivity index (χ1v) is 7.07. The van der Waals surface area contributed by atoms with Gasteiger partial charge in [0.1, 0.15) is 5.82 Å². The predicted octanol–water partition coefficient (Wildman–Crippen LogP) is 4.37. The molecule has 2 aromatic carbocycles. The molecule has 2 atom stereocenters. The SMILES string of the molecule is CCc1ccc(C(=O)C2CC2c2ccc(F)cc2)cc1. The number of carbonyl (C=O) groups excluding carboxylic acids is 1. The van der Waals surface area contributed by atoms with E-state index in [1.807, 2.05) is 24.3 Å². The van der Waals surface area contributed by atoms with Gasteiger partial charge in [0, 0.05) is 11.5 Å². The van der Waals surface area contributed by atoms with Crippen LogP contribution in [0.25, 0.3) is 0 Å². The van der Waals surface area contributed by atoms with E-state index in [4.69, 9.17) is 0 Å². The molecule has 2 unspecified atom stereocenters. The van der Waals surface area contributed by atoms with Gasteiger partial charge in [0.05, 0.1) is 0 Å². The maximum Gasteiger partial charge on any atom is 0.166 e. The summed E-state index contributed by atoms with van der Waals surface area (Å²) < 4.78 is 12.9. The molecular formula is C18H17FO. The molecule has 0 radical (unpaired) electrons. The number of halogens is 1. The summed E-state index contributed by atoms with van der Waals surface area (Å²) in [5.74, 6) is 0.302. The Kier molecular flexibility index (Phi) is 3.39. The molecule has 0 spiro atoms. The normalized spacial score (nSPS) is 20.7. The molecule has 3 rings (SSSR count). The molecule has 2 aromatic rings. The number of rotatable bonds is 4. The zero-order valence-electron chi connectivity index (χ0n) is 11.5. The Morgan fingerprint density at radius 1 is 1.10 bits per heavy atom. The van der Waals surface area contributed by atoms with Gasteiger partial charge in [-0.25, -0.2) is 4.39 Å². The fourth-order valence-corrected chi connectivity index (χ4v) is 2.68. The minimum atomic E-state index is -0.229.